The van der Waals surface area contributed by atoms with E-state index in [2.05, 4.69) is 13.8 Å². The molecule has 3 heteroatoms. The molecule has 0 heterocycles. The van der Waals surface area contributed by atoms with Crippen molar-refractivity contribution in [2.45, 2.75) is 46.6 Å². The van der Waals surface area contributed by atoms with Crippen LogP contribution in [0.4, 0.5) is 0 Å². The first kappa shape index (κ1) is 12.5. The highest BCUT2D eigenvalue weighted by atomic mass is 16.3. The molecule has 1 N–H and O–H groups in total. The SMILES string of the molecule is CC(C)N(CCCO)C(=O)C1CC1(C)C. The van der Waals surface area contributed by atoms with E-state index in [0.29, 0.717) is 13.0 Å². The summed E-state index contributed by atoms with van der Waals surface area (Å²) in [7, 11) is 0. The zero-order chi connectivity index (χ0) is 11.6. The summed E-state index contributed by atoms with van der Waals surface area (Å²) in [5.41, 5.74) is 0.198. The van der Waals surface area contributed by atoms with E-state index >= 15 is 0 Å². The maximum Gasteiger partial charge on any atom is 0.226 e. The van der Waals surface area contributed by atoms with Crippen LogP contribution in [0.15, 0.2) is 0 Å². The van der Waals surface area contributed by atoms with Crippen molar-refractivity contribution in [1.82, 2.24) is 4.90 Å². The van der Waals surface area contributed by atoms with Crippen molar-refractivity contribution in [3.8, 4) is 0 Å². The van der Waals surface area contributed by atoms with E-state index in [1.807, 2.05) is 18.7 Å². The highest BCUT2D eigenvalue weighted by Gasteiger charge is 2.52. The van der Waals surface area contributed by atoms with Crippen LogP contribution in [-0.2, 0) is 4.79 Å². The summed E-state index contributed by atoms with van der Waals surface area (Å²) in [6, 6.07) is 0.237. The molecule has 0 spiro atoms. The number of aliphatic hydroxyl groups excluding tert-OH is 1. The van der Waals surface area contributed by atoms with Crippen molar-refractivity contribution in [3.63, 3.8) is 0 Å². The lowest BCUT2D eigenvalue weighted by molar-refractivity contribution is -0.135. The maximum atomic E-state index is 12.1. The molecule has 1 unspecified atom stereocenters. The Labute approximate surface area is 92.5 Å². The Bertz CT molecular complexity index is 236. The molecule has 0 radical (unpaired) electrons. The Hall–Kier alpha value is -0.570. The predicted molar refractivity (Wildman–Crippen MR) is 60.4 cm³/mol. The van der Waals surface area contributed by atoms with Crippen LogP contribution < -0.4 is 0 Å². The van der Waals surface area contributed by atoms with E-state index in [-0.39, 0.29) is 29.9 Å². The number of hydrogen-bond donors (Lipinski definition) is 1. The zero-order valence-electron chi connectivity index (χ0n) is 10.3. The summed E-state index contributed by atoms with van der Waals surface area (Å²) >= 11 is 0. The first-order chi connectivity index (χ1) is 6.90. The Morgan fingerprint density at radius 3 is 2.40 bits per heavy atom. The number of carbonyl (C=O) groups excluding carboxylic acids is 1. The molecule has 0 bridgehead atoms. The highest BCUT2D eigenvalue weighted by molar-refractivity contribution is 5.82. The van der Waals surface area contributed by atoms with Gasteiger partial charge >= 0.3 is 0 Å². The van der Waals surface area contributed by atoms with Crippen molar-refractivity contribution in [3.05, 3.63) is 0 Å². The summed E-state index contributed by atoms with van der Waals surface area (Å²) in [6.07, 6.45) is 1.69. The van der Waals surface area contributed by atoms with Crippen molar-refractivity contribution >= 4 is 5.91 Å². The fourth-order valence-electron chi connectivity index (χ4n) is 1.95. The Kier molecular flexibility index (Phi) is 3.77. The fraction of sp³-hybridized carbons (Fsp3) is 0.917. The molecule has 1 aliphatic rings. The van der Waals surface area contributed by atoms with Crippen LogP contribution in [0.25, 0.3) is 0 Å². The van der Waals surface area contributed by atoms with Crippen LogP contribution in [-0.4, -0.2) is 35.1 Å². The van der Waals surface area contributed by atoms with E-state index in [0.717, 1.165) is 6.42 Å². The minimum atomic E-state index is 0.157. The molecular weight excluding hydrogens is 190 g/mol. The summed E-state index contributed by atoms with van der Waals surface area (Å²) in [6.45, 7) is 9.18. The van der Waals surface area contributed by atoms with Crippen molar-refractivity contribution in [2.24, 2.45) is 11.3 Å². The Balaban J connectivity index is 2.53. The van der Waals surface area contributed by atoms with Gasteiger partial charge in [-0.25, -0.2) is 0 Å². The average Bonchev–Trinajstić information content (AvgIpc) is 2.75. The normalized spacial score (nSPS) is 22.9. The number of rotatable bonds is 5. The quantitative estimate of drug-likeness (QED) is 0.754. The largest absolute Gasteiger partial charge is 0.396 e. The van der Waals surface area contributed by atoms with Gasteiger partial charge in [0.1, 0.15) is 0 Å². The average molecular weight is 213 g/mol. The molecule has 0 aliphatic heterocycles. The molecular formula is C12H23NO2. The topological polar surface area (TPSA) is 40.5 Å². The molecule has 1 atom stereocenters. The first-order valence-electron chi connectivity index (χ1n) is 5.81. The maximum absolute atomic E-state index is 12.1. The van der Waals surface area contributed by atoms with Gasteiger partial charge < -0.3 is 10.0 Å². The fourth-order valence-corrected chi connectivity index (χ4v) is 1.95. The molecule has 1 aliphatic carbocycles. The van der Waals surface area contributed by atoms with Gasteiger partial charge in [-0.3, -0.25) is 4.79 Å². The second-order valence-electron chi connectivity index (χ2n) is 5.45. The van der Waals surface area contributed by atoms with Gasteiger partial charge in [-0.1, -0.05) is 13.8 Å². The lowest BCUT2D eigenvalue weighted by Gasteiger charge is -2.27. The highest BCUT2D eigenvalue weighted by Crippen LogP contribution is 2.52. The minimum Gasteiger partial charge on any atom is -0.396 e. The number of aliphatic hydroxyl groups is 1. The Morgan fingerprint density at radius 1 is 1.53 bits per heavy atom. The van der Waals surface area contributed by atoms with Gasteiger partial charge in [-0.05, 0) is 32.1 Å². The Morgan fingerprint density at radius 2 is 2.07 bits per heavy atom. The molecule has 1 rings (SSSR count). The first-order valence-corrected chi connectivity index (χ1v) is 5.81. The third-order valence-electron chi connectivity index (χ3n) is 3.28. The van der Waals surface area contributed by atoms with E-state index in [1.165, 1.54) is 0 Å². The third-order valence-corrected chi connectivity index (χ3v) is 3.28. The lowest BCUT2D eigenvalue weighted by Crippen LogP contribution is -2.39. The van der Waals surface area contributed by atoms with Crippen LogP contribution in [0.2, 0.25) is 0 Å². The molecule has 0 aromatic rings. The van der Waals surface area contributed by atoms with E-state index < -0.39 is 0 Å². The second-order valence-corrected chi connectivity index (χ2v) is 5.45. The summed E-state index contributed by atoms with van der Waals surface area (Å²) in [5, 5.41) is 8.80. The van der Waals surface area contributed by atoms with Crippen LogP contribution in [0.1, 0.15) is 40.5 Å². The van der Waals surface area contributed by atoms with Crippen LogP contribution in [0, 0.1) is 11.3 Å². The number of nitrogens with zero attached hydrogens (tertiary/aromatic N) is 1. The number of hydrogen-bond acceptors (Lipinski definition) is 2. The number of amides is 1. The van der Waals surface area contributed by atoms with Gasteiger partial charge in [0.15, 0.2) is 0 Å². The van der Waals surface area contributed by atoms with Crippen LogP contribution in [0.3, 0.4) is 0 Å². The van der Waals surface area contributed by atoms with Gasteiger partial charge in [-0.2, -0.15) is 0 Å². The van der Waals surface area contributed by atoms with Gasteiger partial charge in [0.05, 0.1) is 0 Å². The standard InChI is InChI=1S/C12H23NO2/c1-9(2)13(6-5-7-14)11(15)10-8-12(10,3)4/h9-10,14H,5-8H2,1-4H3. The smallest absolute Gasteiger partial charge is 0.226 e. The molecule has 15 heavy (non-hydrogen) atoms. The van der Waals surface area contributed by atoms with Gasteiger partial charge in [0, 0.05) is 25.1 Å². The molecule has 0 aromatic heterocycles. The van der Waals surface area contributed by atoms with Crippen LogP contribution in [0.5, 0.6) is 0 Å². The summed E-state index contributed by atoms with van der Waals surface area (Å²) in [4.78, 5) is 14.0. The molecule has 0 aromatic carbocycles. The summed E-state index contributed by atoms with van der Waals surface area (Å²) in [5.74, 6) is 0.474. The van der Waals surface area contributed by atoms with Gasteiger partial charge in [0.25, 0.3) is 0 Å². The second kappa shape index (κ2) is 4.52. The van der Waals surface area contributed by atoms with Gasteiger partial charge in [-0.15, -0.1) is 0 Å². The van der Waals surface area contributed by atoms with Crippen LogP contribution >= 0.6 is 0 Å². The van der Waals surface area contributed by atoms with E-state index in [1.54, 1.807) is 0 Å². The molecule has 88 valence electrons. The summed E-state index contributed by atoms with van der Waals surface area (Å²) < 4.78 is 0. The lowest BCUT2D eigenvalue weighted by atomic mass is 10.1. The van der Waals surface area contributed by atoms with Gasteiger partial charge in [0.2, 0.25) is 5.91 Å². The molecule has 0 saturated heterocycles. The predicted octanol–water partition coefficient (Wildman–Crippen LogP) is 1.65. The third kappa shape index (κ3) is 2.94. The van der Waals surface area contributed by atoms with Crippen molar-refractivity contribution in [2.75, 3.05) is 13.2 Å². The van der Waals surface area contributed by atoms with E-state index in [4.69, 9.17) is 5.11 Å². The zero-order valence-corrected chi connectivity index (χ0v) is 10.3. The monoisotopic (exact) mass is 213 g/mol. The van der Waals surface area contributed by atoms with Crippen molar-refractivity contribution in [1.29, 1.82) is 0 Å². The molecule has 1 amide bonds. The van der Waals surface area contributed by atoms with E-state index in [9.17, 15) is 4.79 Å². The molecule has 1 fully saturated rings. The molecule has 3 nitrogen and oxygen atoms in total. The van der Waals surface area contributed by atoms with Crippen molar-refractivity contribution < 1.29 is 9.90 Å². The number of carbonyl (C=O) groups is 1. The molecule has 1 saturated carbocycles. The minimum absolute atomic E-state index is 0.157.